The number of carbonyl (C=O) groups is 1. The van der Waals surface area contributed by atoms with Crippen LogP contribution in [0, 0.1) is 11.7 Å². The number of hydrogen-bond donors (Lipinski definition) is 0. The van der Waals surface area contributed by atoms with Gasteiger partial charge in [-0.1, -0.05) is 26.0 Å². The molecule has 1 heterocycles. The summed E-state index contributed by atoms with van der Waals surface area (Å²) in [6, 6.07) is 9.54. The summed E-state index contributed by atoms with van der Waals surface area (Å²) in [5, 5.41) is 0. The van der Waals surface area contributed by atoms with Gasteiger partial charge in [-0.2, -0.15) is 0 Å². The molecule has 0 fully saturated rings. The van der Waals surface area contributed by atoms with Crippen LogP contribution in [0.5, 0.6) is 0 Å². The van der Waals surface area contributed by atoms with Gasteiger partial charge in [0.15, 0.2) is 5.76 Å². The third-order valence-electron chi connectivity index (χ3n) is 3.39. The first-order valence-electron chi connectivity index (χ1n) is 7.66. The van der Waals surface area contributed by atoms with Crippen molar-refractivity contribution in [3.05, 3.63) is 48.0 Å². The molecule has 2 rings (SSSR count). The number of benzene rings is 1. The zero-order chi connectivity index (χ0) is 16.8. The summed E-state index contributed by atoms with van der Waals surface area (Å²) in [6.07, 6.45) is 0. The molecule has 0 aliphatic carbocycles. The van der Waals surface area contributed by atoms with Gasteiger partial charge in [-0.15, -0.1) is 0 Å². The van der Waals surface area contributed by atoms with Gasteiger partial charge in [0.05, 0.1) is 12.2 Å². The summed E-state index contributed by atoms with van der Waals surface area (Å²) in [5.41, 5.74) is 0.346. The van der Waals surface area contributed by atoms with Crippen LogP contribution in [0.1, 0.15) is 24.4 Å². The molecule has 4 nitrogen and oxygen atoms in total. The Morgan fingerprint density at radius 1 is 1.26 bits per heavy atom. The molecule has 0 aliphatic heterocycles. The number of halogens is 1. The lowest BCUT2D eigenvalue weighted by Gasteiger charge is -2.23. The molecule has 23 heavy (non-hydrogen) atoms. The highest BCUT2D eigenvalue weighted by molar-refractivity contribution is 5.92. The minimum Gasteiger partial charge on any atom is -0.451 e. The van der Waals surface area contributed by atoms with E-state index >= 15 is 0 Å². The Hall–Kier alpha value is -2.14. The van der Waals surface area contributed by atoms with Gasteiger partial charge in [0.25, 0.3) is 5.91 Å². The predicted molar refractivity (Wildman–Crippen MR) is 86.7 cm³/mol. The minimum absolute atomic E-state index is 0.208. The Bertz CT molecular complexity index is 651. The number of rotatable bonds is 7. The Balaban J connectivity index is 2.20. The number of methoxy groups -OCH3 is 1. The molecule has 0 saturated heterocycles. The monoisotopic (exact) mass is 319 g/mol. The predicted octanol–water partition coefficient (Wildman–Crippen LogP) is 3.83. The van der Waals surface area contributed by atoms with Crippen LogP contribution in [0.2, 0.25) is 0 Å². The Morgan fingerprint density at radius 2 is 2.00 bits per heavy atom. The highest BCUT2D eigenvalue weighted by Crippen LogP contribution is 2.25. The Morgan fingerprint density at radius 3 is 2.65 bits per heavy atom. The molecule has 124 valence electrons. The third kappa shape index (κ3) is 4.42. The maximum absolute atomic E-state index is 13.8. The van der Waals surface area contributed by atoms with E-state index in [1.165, 1.54) is 6.07 Å². The summed E-state index contributed by atoms with van der Waals surface area (Å²) in [4.78, 5) is 14.3. The molecule has 1 amide bonds. The van der Waals surface area contributed by atoms with Gasteiger partial charge in [0.1, 0.15) is 11.6 Å². The zero-order valence-corrected chi connectivity index (χ0v) is 13.7. The summed E-state index contributed by atoms with van der Waals surface area (Å²) in [5.74, 6) is 0.303. The van der Waals surface area contributed by atoms with Gasteiger partial charge in [-0.3, -0.25) is 4.79 Å². The van der Waals surface area contributed by atoms with Crippen molar-refractivity contribution >= 4 is 5.91 Å². The Labute approximate surface area is 135 Å². The van der Waals surface area contributed by atoms with Crippen molar-refractivity contribution in [3.8, 4) is 11.3 Å². The molecule has 0 bridgehead atoms. The van der Waals surface area contributed by atoms with Crippen LogP contribution in [0.15, 0.2) is 40.8 Å². The molecule has 0 radical (unpaired) electrons. The van der Waals surface area contributed by atoms with E-state index in [0.29, 0.717) is 36.9 Å². The quantitative estimate of drug-likeness (QED) is 0.779. The molecule has 2 aromatic rings. The van der Waals surface area contributed by atoms with Gasteiger partial charge in [0.2, 0.25) is 0 Å². The van der Waals surface area contributed by atoms with Gasteiger partial charge in [0, 0.05) is 20.2 Å². The van der Waals surface area contributed by atoms with Crippen LogP contribution in [-0.4, -0.2) is 37.6 Å². The van der Waals surface area contributed by atoms with Crippen molar-refractivity contribution in [1.29, 1.82) is 0 Å². The fourth-order valence-electron chi connectivity index (χ4n) is 2.33. The van der Waals surface area contributed by atoms with E-state index in [1.54, 1.807) is 42.3 Å². The first-order chi connectivity index (χ1) is 11.0. The average molecular weight is 319 g/mol. The van der Waals surface area contributed by atoms with Crippen molar-refractivity contribution in [2.45, 2.75) is 13.8 Å². The molecule has 1 aromatic heterocycles. The fourth-order valence-corrected chi connectivity index (χ4v) is 2.33. The SMILES string of the molecule is COCCN(CC(C)C)C(=O)c1ccc(-c2ccccc2F)o1. The molecule has 0 N–H and O–H groups in total. The summed E-state index contributed by atoms with van der Waals surface area (Å²) < 4.78 is 24.4. The highest BCUT2D eigenvalue weighted by Gasteiger charge is 2.21. The van der Waals surface area contributed by atoms with E-state index in [2.05, 4.69) is 0 Å². The number of hydrogen-bond acceptors (Lipinski definition) is 3. The van der Waals surface area contributed by atoms with Gasteiger partial charge < -0.3 is 14.1 Å². The first kappa shape index (κ1) is 17.2. The van der Waals surface area contributed by atoms with Crippen molar-refractivity contribution in [2.75, 3.05) is 26.8 Å². The summed E-state index contributed by atoms with van der Waals surface area (Å²) in [6.45, 7) is 5.64. The van der Waals surface area contributed by atoms with Crippen LogP contribution in [-0.2, 0) is 4.74 Å². The molecular formula is C18H22FNO3. The second-order valence-electron chi connectivity index (χ2n) is 5.78. The normalized spacial score (nSPS) is 11.0. The maximum Gasteiger partial charge on any atom is 0.289 e. The second-order valence-corrected chi connectivity index (χ2v) is 5.78. The third-order valence-corrected chi connectivity index (χ3v) is 3.39. The topological polar surface area (TPSA) is 42.7 Å². The molecule has 0 aliphatic rings. The molecule has 5 heteroatoms. The Kier molecular flexibility index (Phi) is 5.93. The lowest BCUT2D eigenvalue weighted by molar-refractivity contribution is 0.0642. The lowest BCUT2D eigenvalue weighted by atomic mass is 10.1. The fraction of sp³-hybridized carbons (Fsp3) is 0.389. The van der Waals surface area contributed by atoms with Gasteiger partial charge in [-0.25, -0.2) is 4.39 Å². The molecule has 0 spiro atoms. The minimum atomic E-state index is -0.376. The molecule has 0 unspecified atom stereocenters. The molecule has 0 atom stereocenters. The second kappa shape index (κ2) is 7.92. The van der Waals surface area contributed by atoms with Gasteiger partial charge in [-0.05, 0) is 30.2 Å². The smallest absolute Gasteiger partial charge is 0.289 e. The van der Waals surface area contributed by atoms with Crippen LogP contribution in [0.3, 0.4) is 0 Å². The van der Waals surface area contributed by atoms with E-state index in [0.717, 1.165) is 0 Å². The molecular weight excluding hydrogens is 297 g/mol. The number of amides is 1. The van der Waals surface area contributed by atoms with E-state index in [1.807, 2.05) is 13.8 Å². The summed E-state index contributed by atoms with van der Waals surface area (Å²) >= 11 is 0. The average Bonchev–Trinajstić information content (AvgIpc) is 3.00. The first-order valence-corrected chi connectivity index (χ1v) is 7.66. The molecule has 0 saturated carbocycles. The number of furan rings is 1. The number of carbonyl (C=O) groups excluding carboxylic acids is 1. The van der Waals surface area contributed by atoms with Crippen molar-refractivity contribution < 1.29 is 18.3 Å². The van der Waals surface area contributed by atoms with Crippen LogP contribution in [0.25, 0.3) is 11.3 Å². The van der Waals surface area contributed by atoms with Crippen LogP contribution < -0.4 is 0 Å². The van der Waals surface area contributed by atoms with Crippen molar-refractivity contribution in [3.63, 3.8) is 0 Å². The number of ether oxygens (including phenoxy) is 1. The maximum atomic E-state index is 13.8. The lowest BCUT2D eigenvalue weighted by Crippen LogP contribution is -2.36. The van der Waals surface area contributed by atoms with E-state index in [9.17, 15) is 9.18 Å². The molecule has 1 aromatic carbocycles. The number of nitrogens with zero attached hydrogens (tertiary/aromatic N) is 1. The van der Waals surface area contributed by atoms with E-state index in [4.69, 9.17) is 9.15 Å². The van der Waals surface area contributed by atoms with Crippen LogP contribution >= 0.6 is 0 Å². The van der Waals surface area contributed by atoms with E-state index in [-0.39, 0.29) is 17.5 Å². The van der Waals surface area contributed by atoms with Gasteiger partial charge >= 0.3 is 0 Å². The summed E-state index contributed by atoms with van der Waals surface area (Å²) in [7, 11) is 1.60. The van der Waals surface area contributed by atoms with E-state index < -0.39 is 0 Å². The highest BCUT2D eigenvalue weighted by atomic mass is 19.1. The standard InChI is InChI=1S/C18H22FNO3/c1-13(2)12-20(10-11-22-3)18(21)17-9-8-16(23-17)14-6-4-5-7-15(14)19/h4-9,13H,10-12H2,1-3H3. The van der Waals surface area contributed by atoms with Crippen molar-refractivity contribution in [2.24, 2.45) is 5.92 Å². The largest absolute Gasteiger partial charge is 0.451 e. The van der Waals surface area contributed by atoms with Crippen LogP contribution in [0.4, 0.5) is 4.39 Å². The zero-order valence-electron chi connectivity index (χ0n) is 13.7. The van der Waals surface area contributed by atoms with Crippen molar-refractivity contribution in [1.82, 2.24) is 4.90 Å².